The fraction of sp³-hybridized carbons (Fsp3) is 0.400. The molecular weight excluding hydrogens is 543 g/mol. The number of ether oxygens (including phenoxy) is 4. The topological polar surface area (TPSA) is 128 Å². The molecule has 1 fully saturated rings. The first-order chi connectivity index (χ1) is 18.6. The molecule has 2 heterocycles. The van der Waals surface area contributed by atoms with Gasteiger partial charge in [-0.05, 0) is 43.5 Å². The molecule has 1 aliphatic heterocycles. The van der Waals surface area contributed by atoms with Gasteiger partial charge in [0, 0.05) is 24.1 Å². The first-order valence-corrected chi connectivity index (χ1v) is 12.1. The maximum Gasteiger partial charge on any atom is 0.435 e. The molecule has 1 saturated heterocycles. The van der Waals surface area contributed by atoms with Crippen LogP contribution in [0.5, 0.6) is 11.6 Å². The number of Topliss-reactive ketones (excluding diaryl/α,β-unsaturated/α-hetero) is 1. The molecule has 39 heavy (non-hydrogen) atoms. The van der Waals surface area contributed by atoms with E-state index in [4.69, 9.17) is 35.8 Å². The Bertz CT molecular complexity index is 1270. The van der Waals surface area contributed by atoms with E-state index in [1.807, 2.05) is 5.32 Å². The molecule has 1 N–H and O–H groups in total. The van der Waals surface area contributed by atoms with Gasteiger partial charge in [0.1, 0.15) is 5.75 Å². The number of carbonyl (C=O) groups is 1. The van der Waals surface area contributed by atoms with E-state index < -0.39 is 23.4 Å². The first kappa shape index (κ1) is 29.8. The summed E-state index contributed by atoms with van der Waals surface area (Å²) >= 11 is 5.89. The molecule has 0 bridgehead atoms. The minimum Gasteiger partial charge on any atom is -0.480 e. The van der Waals surface area contributed by atoms with Gasteiger partial charge in [-0.3, -0.25) is 9.79 Å². The highest BCUT2D eigenvalue weighted by atomic mass is 35.5. The maximum absolute atomic E-state index is 13.9. The first-order valence-electron chi connectivity index (χ1n) is 11.7. The Morgan fingerprint density at radius 1 is 1.31 bits per heavy atom. The van der Waals surface area contributed by atoms with Crippen molar-refractivity contribution in [3.8, 4) is 17.7 Å². The lowest BCUT2D eigenvalue weighted by Crippen LogP contribution is -2.30. The number of alkyl halides is 3. The number of benzene rings is 1. The number of ketones is 1. The lowest BCUT2D eigenvalue weighted by molar-refractivity contribution is -0.169. The van der Waals surface area contributed by atoms with Crippen LogP contribution in [0.25, 0.3) is 0 Å². The van der Waals surface area contributed by atoms with E-state index in [2.05, 4.69) is 15.2 Å². The number of hydrogen-bond acceptors (Lipinski definition) is 9. The third-order valence-corrected chi connectivity index (χ3v) is 5.46. The monoisotopic (exact) mass is 567 g/mol. The highest BCUT2D eigenvalue weighted by Gasteiger charge is 2.39. The molecule has 2 aromatic rings. The van der Waals surface area contributed by atoms with Gasteiger partial charge in [-0.1, -0.05) is 11.6 Å². The van der Waals surface area contributed by atoms with Gasteiger partial charge in [0.05, 0.1) is 43.9 Å². The van der Waals surface area contributed by atoms with Crippen molar-refractivity contribution in [2.75, 3.05) is 13.7 Å². The van der Waals surface area contributed by atoms with Crippen molar-refractivity contribution < 1.29 is 36.9 Å². The predicted octanol–water partition coefficient (Wildman–Crippen LogP) is 4.61. The van der Waals surface area contributed by atoms with E-state index in [0.29, 0.717) is 17.9 Å². The van der Waals surface area contributed by atoms with Crippen LogP contribution in [-0.2, 0) is 27.4 Å². The van der Waals surface area contributed by atoms with Gasteiger partial charge < -0.3 is 24.3 Å². The second-order valence-corrected chi connectivity index (χ2v) is 8.68. The molecule has 0 radical (unpaired) electrons. The SMILES string of the molecule is COc1nnc(COC2CCCCO2)cc1CN=CN/C(=C(/Oc1cc(Cl)cc(C#N)c1)C(C)=O)C(F)(F)F. The number of nitrogens with zero attached hydrogens (tertiary/aromatic N) is 4. The molecule has 0 saturated carbocycles. The summed E-state index contributed by atoms with van der Waals surface area (Å²) in [6, 6.07) is 7.05. The average Bonchev–Trinajstić information content (AvgIpc) is 2.90. The Balaban J connectivity index is 1.77. The van der Waals surface area contributed by atoms with Crippen molar-refractivity contribution in [1.29, 1.82) is 5.26 Å². The fourth-order valence-corrected chi connectivity index (χ4v) is 3.70. The largest absolute Gasteiger partial charge is 0.480 e. The number of carbonyl (C=O) groups excluding carboxylic acids is 1. The summed E-state index contributed by atoms with van der Waals surface area (Å²) in [6.07, 6.45) is -1.82. The lowest BCUT2D eigenvalue weighted by atomic mass is 10.2. The van der Waals surface area contributed by atoms with Crippen molar-refractivity contribution in [2.24, 2.45) is 4.99 Å². The van der Waals surface area contributed by atoms with Crippen molar-refractivity contribution in [3.05, 3.63) is 57.6 Å². The molecule has 1 aromatic carbocycles. The average molecular weight is 568 g/mol. The van der Waals surface area contributed by atoms with Crippen LogP contribution in [0.1, 0.15) is 43.0 Å². The van der Waals surface area contributed by atoms with Crippen LogP contribution < -0.4 is 14.8 Å². The fourth-order valence-electron chi connectivity index (χ4n) is 3.48. The zero-order valence-electron chi connectivity index (χ0n) is 21.0. The van der Waals surface area contributed by atoms with Crippen LogP contribution in [0, 0.1) is 11.3 Å². The molecule has 0 amide bonds. The molecule has 14 heteroatoms. The highest BCUT2D eigenvalue weighted by Crippen LogP contribution is 2.29. The molecule has 1 aliphatic rings. The number of halogens is 4. The summed E-state index contributed by atoms with van der Waals surface area (Å²) in [7, 11) is 1.37. The summed E-state index contributed by atoms with van der Waals surface area (Å²) in [5.41, 5.74) is -0.542. The molecule has 10 nitrogen and oxygen atoms in total. The second kappa shape index (κ2) is 13.9. The lowest BCUT2D eigenvalue weighted by Gasteiger charge is -2.22. The predicted molar refractivity (Wildman–Crippen MR) is 133 cm³/mol. The number of nitrogens with one attached hydrogen (secondary N) is 1. The number of allylic oxidation sites excluding steroid dienone is 2. The van der Waals surface area contributed by atoms with Crippen LogP contribution in [0.15, 0.2) is 40.7 Å². The molecule has 0 spiro atoms. The number of hydrogen-bond donors (Lipinski definition) is 1. The van der Waals surface area contributed by atoms with Crippen molar-refractivity contribution in [3.63, 3.8) is 0 Å². The Morgan fingerprint density at radius 2 is 2.10 bits per heavy atom. The summed E-state index contributed by atoms with van der Waals surface area (Å²) in [5, 5.41) is 19.1. The normalized spacial score (nSPS) is 16.4. The Hall–Kier alpha value is -3.73. The minimum atomic E-state index is -5.01. The van der Waals surface area contributed by atoms with Gasteiger partial charge in [-0.2, -0.15) is 18.4 Å². The smallest absolute Gasteiger partial charge is 0.435 e. The van der Waals surface area contributed by atoms with Gasteiger partial charge in [-0.15, -0.1) is 10.2 Å². The number of methoxy groups -OCH3 is 1. The zero-order valence-corrected chi connectivity index (χ0v) is 21.8. The van der Waals surface area contributed by atoms with Gasteiger partial charge >= 0.3 is 6.18 Å². The molecule has 0 aliphatic carbocycles. The van der Waals surface area contributed by atoms with Gasteiger partial charge in [0.2, 0.25) is 5.88 Å². The van der Waals surface area contributed by atoms with Crippen LogP contribution >= 0.6 is 11.6 Å². The Kier molecular flexibility index (Phi) is 10.6. The van der Waals surface area contributed by atoms with Gasteiger partial charge in [-0.25, -0.2) is 0 Å². The van der Waals surface area contributed by atoms with Gasteiger partial charge in [0.25, 0.3) is 0 Å². The van der Waals surface area contributed by atoms with E-state index in [1.165, 1.54) is 19.2 Å². The third kappa shape index (κ3) is 8.91. The standard InChI is InChI=1S/C25H25ClF3N5O5/c1-15(35)22(39-20-8-16(11-30)7-18(26)10-20)23(25(27,28)29)32-14-31-12-17-9-19(33-34-24(17)36-2)13-38-21-5-3-4-6-37-21/h7-10,14,21H,3-6,12-13H2,1-2H3,(H,31,32)/b23-22+. The zero-order chi connectivity index (χ0) is 28.4. The third-order valence-electron chi connectivity index (χ3n) is 5.25. The molecule has 1 aromatic heterocycles. The Labute approximate surface area is 227 Å². The van der Waals surface area contributed by atoms with E-state index in [-0.39, 0.29) is 41.7 Å². The number of nitriles is 1. The van der Waals surface area contributed by atoms with Crippen molar-refractivity contribution >= 4 is 23.7 Å². The van der Waals surface area contributed by atoms with E-state index >= 15 is 0 Å². The summed E-state index contributed by atoms with van der Waals surface area (Å²) in [4.78, 5) is 16.1. The van der Waals surface area contributed by atoms with E-state index in [1.54, 1.807) is 12.1 Å². The highest BCUT2D eigenvalue weighted by molar-refractivity contribution is 6.30. The quantitative estimate of drug-likeness (QED) is 0.179. The minimum absolute atomic E-state index is 0.0411. The van der Waals surface area contributed by atoms with Crippen LogP contribution in [0.4, 0.5) is 13.2 Å². The number of rotatable bonds is 11. The Morgan fingerprint density at radius 3 is 2.74 bits per heavy atom. The summed E-state index contributed by atoms with van der Waals surface area (Å²) in [6.45, 7) is 1.52. The maximum atomic E-state index is 13.9. The molecular formula is C25H25ClF3N5O5. The molecule has 208 valence electrons. The molecule has 1 unspecified atom stereocenters. The van der Waals surface area contributed by atoms with E-state index in [0.717, 1.165) is 38.6 Å². The van der Waals surface area contributed by atoms with Crippen molar-refractivity contribution in [1.82, 2.24) is 15.5 Å². The second-order valence-electron chi connectivity index (χ2n) is 8.24. The molecule has 1 atom stereocenters. The number of aromatic nitrogens is 2. The van der Waals surface area contributed by atoms with Crippen LogP contribution in [-0.4, -0.2) is 48.5 Å². The van der Waals surface area contributed by atoms with Gasteiger partial charge in [0.15, 0.2) is 23.5 Å². The van der Waals surface area contributed by atoms with E-state index in [9.17, 15) is 18.0 Å². The van der Waals surface area contributed by atoms with Crippen LogP contribution in [0.3, 0.4) is 0 Å². The summed E-state index contributed by atoms with van der Waals surface area (Å²) in [5.74, 6) is -2.13. The van der Waals surface area contributed by atoms with Crippen molar-refractivity contribution in [2.45, 2.75) is 51.8 Å². The molecule has 3 rings (SSSR count). The summed E-state index contributed by atoms with van der Waals surface area (Å²) < 4.78 is 63.2. The number of aliphatic imine (C=N–C) groups is 1. The van der Waals surface area contributed by atoms with Crippen LogP contribution in [0.2, 0.25) is 5.02 Å².